The zero-order valence-corrected chi connectivity index (χ0v) is 13.3. The number of hydrogen-bond acceptors (Lipinski definition) is 5. The highest BCUT2D eigenvalue weighted by atomic mass is 16.4. The van der Waals surface area contributed by atoms with Crippen molar-refractivity contribution in [3.05, 3.63) is 87.3 Å². The molecule has 0 aliphatic heterocycles. The molecule has 2 aromatic heterocycles. The number of carbonyl (C=O) groups is 1. The van der Waals surface area contributed by atoms with Gasteiger partial charge in [0.05, 0.1) is 11.2 Å². The summed E-state index contributed by atoms with van der Waals surface area (Å²) >= 11 is 0. The number of nitrogens with zero attached hydrogens (tertiary/aromatic N) is 2. The average molecular weight is 348 g/mol. The van der Waals surface area contributed by atoms with Gasteiger partial charge in [-0.3, -0.25) is 14.6 Å². The predicted molar refractivity (Wildman–Crippen MR) is 94.6 cm³/mol. The monoisotopic (exact) mass is 348 g/mol. The summed E-state index contributed by atoms with van der Waals surface area (Å²) in [5.74, 6) is -1.06. The summed E-state index contributed by atoms with van der Waals surface area (Å²) in [5.41, 5.74) is 1.61. The van der Waals surface area contributed by atoms with Gasteiger partial charge in [0.2, 0.25) is 0 Å². The maximum Gasteiger partial charge on any atom is 0.417 e. The molecule has 0 atom stereocenters. The van der Waals surface area contributed by atoms with Gasteiger partial charge in [0.25, 0.3) is 11.5 Å². The fourth-order valence-electron chi connectivity index (χ4n) is 2.51. The summed E-state index contributed by atoms with van der Waals surface area (Å²) in [5, 5.41) is 6.80. The van der Waals surface area contributed by atoms with Crippen LogP contribution in [-0.4, -0.2) is 20.7 Å². The van der Waals surface area contributed by atoms with Crippen molar-refractivity contribution in [1.29, 1.82) is 0 Å². The first-order valence-electron chi connectivity index (χ1n) is 7.70. The van der Waals surface area contributed by atoms with E-state index in [-0.39, 0.29) is 11.3 Å². The number of rotatable bonds is 3. The van der Waals surface area contributed by atoms with E-state index in [0.29, 0.717) is 22.5 Å². The first-order chi connectivity index (χ1) is 12.6. The SMILES string of the molecule is O=C(Nc1ccc2oc(=O)[nH]c2c1)c1ccc(=O)n(-c2ccccc2)n1. The number of para-hydroxylation sites is 1. The molecule has 0 aliphatic carbocycles. The summed E-state index contributed by atoms with van der Waals surface area (Å²) in [6.07, 6.45) is 0. The Morgan fingerprint density at radius 3 is 2.65 bits per heavy atom. The second-order valence-corrected chi connectivity index (χ2v) is 5.48. The molecule has 0 fully saturated rings. The van der Waals surface area contributed by atoms with Crippen LogP contribution >= 0.6 is 0 Å². The van der Waals surface area contributed by atoms with E-state index in [1.165, 1.54) is 12.1 Å². The largest absolute Gasteiger partial charge is 0.417 e. The van der Waals surface area contributed by atoms with Crippen molar-refractivity contribution in [3.63, 3.8) is 0 Å². The lowest BCUT2D eigenvalue weighted by Gasteiger charge is -2.07. The number of H-pyrrole nitrogens is 1. The number of amides is 1. The molecule has 26 heavy (non-hydrogen) atoms. The molecule has 0 spiro atoms. The second-order valence-electron chi connectivity index (χ2n) is 5.48. The molecule has 0 bridgehead atoms. The van der Waals surface area contributed by atoms with Crippen molar-refractivity contribution < 1.29 is 9.21 Å². The molecule has 0 saturated carbocycles. The van der Waals surface area contributed by atoms with Crippen molar-refractivity contribution in [3.8, 4) is 5.69 Å². The predicted octanol–water partition coefficient (Wildman–Crippen LogP) is 1.92. The topological polar surface area (TPSA) is 110 Å². The van der Waals surface area contributed by atoms with Crippen molar-refractivity contribution in [2.45, 2.75) is 0 Å². The number of nitrogens with one attached hydrogen (secondary N) is 2. The third-order valence-corrected chi connectivity index (χ3v) is 3.71. The number of hydrogen-bond donors (Lipinski definition) is 2. The van der Waals surface area contributed by atoms with Gasteiger partial charge in [0, 0.05) is 11.8 Å². The van der Waals surface area contributed by atoms with E-state index in [1.807, 2.05) is 6.07 Å². The molecule has 0 aliphatic rings. The summed E-state index contributed by atoms with van der Waals surface area (Å²) in [6.45, 7) is 0. The zero-order valence-electron chi connectivity index (χ0n) is 13.3. The van der Waals surface area contributed by atoms with Gasteiger partial charge in [-0.05, 0) is 36.4 Å². The lowest BCUT2D eigenvalue weighted by Crippen LogP contribution is -2.24. The number of fused-ring (bicyclic) bond motifs is 1. The van der Waals surface area contributed by atoms with Crippen LogP contribution in [0.3, 0.4) is 0 Å². The minimum Gasteiger partial charge on any atom is -0.408 e. The molecule has 128 valence electrons. The van der Waals surface area contributed by atoms with Crippen LogP contribution in [0.25, 0.3) is 16.8 Å². The molecule has 8 heteroatoms. The molecule has 2 heterocycles. The number of oxazole rings is 1. The van der Waals surface area contributed by atoms with Crippen molar-refractivity contribution in [2.75, 3.05) is 5.32 Å². The van der Waals surface area contributed by atoms with Crippen LogP contribution in [0.15, 0.2) is 74.7 Å². The van der Waals surface area contributed by atoms with E-state index in [9.17, 15) is 14.4 Å². The van der Waals surface area contributed by atoms with Crippen LogP contribution < -0.4 is 16.6 Å². The van der Waals surface area contributed by atoms with Gasteiger partial charge in [0.1, 0.15) is 5.69 Å². The Labute approximate surface area is 145 Å². The number of aromatic nitrogens is 3. The van der Waals surface area contributed by atoms with Crippen LogP contribution in [0.4, 0.5) is 5.69 Å². The molecule has 4 aromatic rings. The Hall–Kier alpha value is -3.94. The van der Waals surface area contributed by atoms with Crippen molar-refractivity contribution in [2.24, 2.45) is 0 Å². The molecule has 2 N–H and O–H groups in total. The van der Waals surface area contributed by atoms with Crippen LogP contribution in [-0.2, 0) is 0 Å². The standard InChI is InChI=1S/C18H12N4O4/c23-16-9-7-13(21-22(16)12-4-2-1-3-5-12)17(24)19-11-6-8-15-14(10-11)20-18(25)26-15/h1-10H,(H,19,24)(H,20,25). The number of benzene rings is 2. The molecule has 0 saturated heterocycles. The first kappa shape index (κ1) is 15.6. The minimum absolute atomic E-state index is 0.0780. The Kier molecular flexibility index (Phi) is 3.70. The summed E-state index contributed by atoms with van der Waals surface area (Å²) < 4.78 is 6.07. The first-order valence-corrected chi connectivity index (χ1v) is 7.70. The van der Waals surface area contributed by atoms with E-state index in [2.05, 4.69) is 15.4 Å². The highest BCUT2D eigenvalue weighted by molar-refractivity contribution is 6.03. The van der Waals surface area contributed by atoms with Crippen LogP contribution in [0.1, 0.15) is 10.5 Å². The van der Waals surface area contributed by atoms with E-state index in [1.54, 1.807) is 42.5 Å². The third kappa shape index (κ3) is 2.91. The molecular weight excluding hydrogens is 336 g/mol. The maximum atomic E-state index is 12.5. The molecule has 0 unspecified atom stereocenters. The van der Waals surface area contributed by atoms with Crippen LogP contribution in [0, 0.1) is 0 Å². The van der Waals surface area contributed by atoms with Gasteiger partial charge in [-0.1, -0.05) is 18.2 Å². The van der Waals surface area contributed by atoms with E-state index in [4.69, 9.17) is 4.42 Å². The fourth-order valence-corrected chi connectivity index (χ4v) is 2.51. The fraction of sp³-hybridized carbons (Fsp3) is 0. The smallest absolute Gasteiger partial charge is 0.408 e. The molecule has 8 nitrogen and oxygen atoms in total. The van der Waals surface area contributed by atoms with Gasteiger partial charge in [-0.25, -0.2) is 4.79 Å². The molecular formula is C18H12N4O4. The number of aromatic amines is 1. The van der Waals surface area contributed by atoms with E-state index < -0.39 is 11.7 Å². The Morgan fingerprint density at radius 2 is 1.85 bits per heavy atom. The summed E-state index contributed by atoms with van der Waals surface area (Å²) in [6, 6.07) is 16.2. The van der Waals surface area contributed by atoms with Crippen LogP contribution in [0.5, 0.6) is 0 Å². The van der Waals surface area contributed by atoms with Gasteiger partial charge in [-0.15, -0.1) is 0 Å². The van der Waals surface area contributed by atoms with Gasteiger partial charge >= 0.3 is 5.76 Å². The van der Waals surface area contributed by atoms with Crippen molar-refractivity contribution in [1.82, 2.24) is 14.8 Å². The maximum absolute atomic E-state index is 12.5. The quantitative estimate of drug-likeness (QED) is 0.588. The zero-order chi connectivity index (χ0) is 18.1. The number of carbonyl (C=O) groups excluding carboxylic acids is 1. The molecule has 0 radical (unpaired) electrons. The lowest BCUT2D eigenvalue weighted by atomic mass is 10.2. The highest BCUT2D eigenvalue weighted by Gasteiger charge is 2.12. The normalized spacial score (nSPS) is 10.8. The third-order valence-electron chi connectivity index (χ3n) is 3.71. The van der Waals surface area contributed by atoms with E-state index >= 15 is 0 Å². The molecule has 1 amide bonds. The van der Waals surface area contributed by atoms with Crippen molar-refractivity contribution >= 4 is 22.7 Å². The van der Waals surface area contributed by atoms with Gasteiger partial charge < -0.3 is 9.73 Å². The second kappa shape index (κ2) is 6.17. The summed E-state index contributed by atoms with van der Waals surface area (Å²) in [4.78, 5) is 38.2. The molecule has 4 rings (SSSR count). The minimum atomic E-state index is -0.569. The van der Waals surface area contributed by atoms with Gasteiger partial charge in [-0.2, -0.15) is 9.78 Å². The number of anilines is 1. The van der Waals surface area contributed by atoms with Gasteiger partial charge in [0.15, 0.2) is 5.58 Å². The summed E-state index contributed by atoms with van der Waals surface area (Å²) in [7, 11) is 0. The Bertz CT molecular complexity index is 1220. The highest BCUT2D eigenvalue weighted by Crippen LogP contribution is 2.16. The average Bonchev–Trinajstić information content (AvgIpc) is 3.02. The Morgan fingerprint density at radius 1 is 1.04 bits per heavy atom. The molecule has 2 aromatic carbocycles. The lowest BCUT2D eigenvalue weighted by molar-refractivity contribution is 0.102. The van der Waals surface area contributed by atoms with E-state index in [0.717, 1.165) is 4.68 Å². The van der Waals surface area contributed by atoms with Crippen LogP contribution in [0.2, 0.25) is 0 Å². The Balaban J connectivity index is 1.65.